The van der Waals surface area contributed by atoms with Crippen LogP contribution in [0, 0.1) is 0 Å². The van der Waals surface area contributed by atoms with Crippen molar-refractivity contribution in [3.8, 4) is 5.75 Å². The lowest BCUT2D eigenvalue weighted by Gasteiger charge is -2.11. The SMILES string of the molecule is CCCC(N)Cc1cc(Cl)ccc1O. The number of hydrogen-bond acceptors (Lipinski definition) is 2. The van der Waals surface area contributed by atoms with Crippen molar-refractivity contribution in [3.05, 3.63) is 28.8 Å². The molecule has 0 saturated carbocycles. The standard InChI is InChI=1S/C11H16ClNO/c1-2-3-10(13)7-8-6-9(12)4-5-11(8)14/h4-6,10,14H,2-3,7,13H2,1H3. The number of phenols is 1. The Morgan fingerprint density at radius 2 is 2.21 bits per heavy atom. The van der Waals surface area contributed by atoms with Gasteiger partial charge in [0.1, 0.15) is 5.75 Å². The quantitative estimate of drug-likeness (QED) is 0.808. The molecule has 0 spiro atoms. The third-order valence-electron chi connectivity index (χ3n) is 2.18. The monoisotopic (exact) mass is 213 g/mol. The molecule has 0 heterocycles. The molecule has 1 unspecified atom stereocenters. The van der Waals surface area contributed by atoms with E-state index in [1.54, 1.807) is 18.2 Å². The van der Waals surface area contributed by atoms with Crippen molar-refractivity contribution >= 4 is 11.6 Å². The number of halogens is 1. The lowest BCUT2D eigenvalue weighted by atomic mass is 10.0. The number of benzene rings is 1. The highest BCUT2D eigenvalue weighted by molar-refractivity contribution is 6.30. The molecule has 1 atom stereocenters. The molecule has 1 aromatic rings. The van der Waals surface area contributed by atoms with Gasteiger partial charge in [0.15, 0.2) is 0 Å². The predicted octanol–water partition coefficient (Wildman–Crippen LogP) is 2.72. The largest absolute Gasteiger partial charge is 0.508 e. The van der Waals surface area contributed by atoms with Gasteiger partial charge in [-0.2, -0.15) is 0 Å². The fourth-order valence-corrected chi connectivity index (χ4v) is 1.67. The number of hydrogen-bond donors (Lipinski definition) is 2. The lowest BCUT2D eigenvalue weighted by molar-refractivity contribution is 0.462. The first-order valence-corrected chi connectivity index (χ1v) is 5.24. The van der Waals surface area contributed by atoms with Crippen molar-refractivity contribution in [1.82, 2.24) is 0 Å². The number of aromatic hydroxyl groups is 1. The van der Waals surface area contributed by atoms with Crippen molar-refractivity contribution in [2.45, 2.75) is 32.2 Å². The van der Waals surface area contributed by atoms with Gasteiger partial charge in [-0.05, 0) is 36.6 Å². The molecule has 1 rings (SSSR count). The normalized spacial score (nSPS) is 12.8. The van der Waals surface area contributed by atoms with Crippen LogP contribution in [-0.4, -0.2) is 11.1 Å². The summed E-state index contributed by atoms with van der Waals surface area (Å²) in [6, 6.07) is 5.15. The molecule has 0 radical (unpaired) electrons. The van der Waals surface area contributed by atoms with Crippen molar-refractivity contribution in [3.63, 3.8) is 0 Å². The summed E-state index contributed by atoms with van der Waals surface area (Å²) in [4.78, 5) is 0. The van der Waals surface area contributed by atoms with Crippen LogP contribution in [0.5, 0.6) is 5.75 Å². The third-order valence-corrected chi connectivity index (χ3v) is 2.42. The van der Waals surface area contributed by atoms with E-state index in [0.29, 0.717) is 11.4 Å². The Morgan fingerprint density at radius 3 is 2.86 bits per heavy atom. The van der Waals surface area contributed by atoms with E-state index in [0.717, 1.165) is 18.4 Å². The van der Waals surface area contributed by atoms with Gasteiger partial charge in [-0.25, -0.2) is 0 Å². The third kappa shape index (κ3) is 3.20. The maximum atomic E-state index is 9.54. The van der Waals surface area contributed by atoms with Gasteiger partial charge < -0.3 is 10.8 Å². The summed E-state index contributed by atoms with van der Waals surface area (Å²) in [5, 5.41) is 10.2. The molecule has 0 aromatic heterocycles. The molecule has 3 heteroatoms. The molecule has 0 bridgehead atoms. The molecule has 0 aliphatic rings. The molecule has 0 aliphatic heterocycles. The number of rotatable bonds is 4. The first-order chi connectivity index (χ1) is 6.63. The second kappa shape index (κ2) is 5.23. The molecule has 0 amide bonds. The second-order valence-electron chi connectivity index (χ2n) is 3.53. The summed E-state index contributed by atoms with van der Waals surface area (Å²) in [6.45, 7) is 2.09. The van der Waals surface area contributed by atoms with Crippen LogP contribution in [0.4, 0.5) is 0 Å². The molecular formula is C11H16ClNO. The molecule has 14 heavy (non-hydrogen) atoms. The summed E-state index contributed by atoms with van der Waals surface area (Å²) < 4.78 is 0. The summed E-state index contributed by atoms with van der Waals surface area (Å²) >= 11 is 5.83. The molecule has 1 aromatic carbocycles. The van der Waals surface area contributed by atoms with Gasteiger partial charge in [-0.15, -0.1) is 0 Å². The fraction of sp³-hybridized carbons (Fsp3) is 0.455. The lowest BCUT2D eigenvalue weighted by Crippen LogP contribution is -2.22. The van der Waals surface area contributed by atoms with Gasteiger partial charge >= 0.3 is 0 Å². The van der Waals surface area contributed by atoms with Crippen LogP contribution in [-0.2, 0) is 6.42 Å². The molecule has 2 nitrogen and oxygen atoms in total. The Balaban J connectivity index is 2.70. The summed E-state index contributed by atoms with van der Waals surface area (Å²) in [5.74, 6) is 0.279. The van der Waals surface area contributed by atoms with Crippen LogP contribution in [0.2, 0.25) is 5.02 Å². The van der Waals surface area contributed by atoms with E-state index in [1.807, 2.05) is 0 Å². The molecular weight excluding hydrogens is 198 g/mol. The van der Waals surface area contributed by atoms with Crippen LogP contribution in [0.3, 0.4) is 0 Å². The Labute approximate surface area is 89.7 Å². The molecule has 0 saturated heterocycles. The van der Waals surface area contributed by atoms with Crippen LogP contribution >= 0.6 is 11.6 Å². The zero-order chi connectivity index (χ0) is 10.6. The second-order valence-corrected chi connectivity index (χ2v) is 3.96. The smallest absolute Gasteiger partial charge is 0.118 e. The average molecular weight is 214 g/mol. The maximum absolute atomic E-state index is 9.54. The summed E-state index contributed by atoms with van der Waals surface area (Å²) in [7, 11) is 0. The van der Waals surface area contributed by atoms with Crippen LogP contribution in [0.25, 0.3) is 0 Å². The molecule has 3 N–H and O–H groups in total. The van der Waals surface area contributed by atoms with Gasteiger partial charge in [-0.3, -0.25) is 0 Å². The maximum Gasteiger partial charge on any atom is 0.118 e. The summed E-state index contributed by atoms with van der Waals surface area (Å²) in [5.41, 5.74) is 6.71. The predicted molar refractivity (Wildman–Crippen MR) is 59.7 cm³/mol. The van der Waals surface area contributed by atoms with E-state index >= 15 is 0 Å². The Hall–Kier alpha value is -0.730. The van der Waals surface area contributed by atoms with Crippen molar-refractivity contribution in [2.75, 3.05) is 0 Å². The molecule has 78 valence electrons. The van der Waals surface area contributed by atoms with Gasteiger partial charge in [0.2, 0.25) is 0 Å². The first-order valence-electron chi connectivity index (χ1n) is 4.86. The Bertz CT molecular complexity index is 301. The minimum atomic E-state index is 0.101. The van der Waals surface area contributed by atoms with E-state index in [9.17, 15) is 5.11 Å². The highest BCUT2D eigenvalue weighted by atomic mass is 35.5. The Kier molecular flexibility index (Phi) is 4.23. The molecule has 0 fully saturated rings. The van der Waals surface area contributed by atoms with Crippen molar-refractivity contribution in [2.24, 2.45) is 5.73 Å². The van der Waals surface area contributed by atoms with Crippen molar-refractivity contribution in [1.29, 1.82) is 0 Å². The zero-order valence-electron chi connectivity index (χ0n) is 8.33. The highest BCUT2D eigenvalue weighted by Crippen LogP contribution is 2.22. The Morgan fingerprint density at radius 1 is 1.50 bits per heavy atom. The molecule has 0 aliphatic carbocycles. The first kappa shape index (κ1) is 11.3. The van der Waals surface area contributed by atoms with Crippen LogP contribution in [0.1, 0.15) is 25.3 Å². The number of nitrogens with two attached hydrogens (primary N) is 1. The average Bonchev–Trinajstić information content (AvgIpc) is 2.12. The minimum absolute atomic E-state index is 0.101. The van der Waals surface area contributed by atoms with Gasteiger partial charge in [0.25, 0.3) is 0 Å². The van der Waals surface area contributed by atoms with Crippen LogP contribution < -0.4 is 5.73 Å². The van der Waals surface area contributed by atoms with E-state index in [2.05, 4.69) is 6.92 Å². The fourth-order valence-electron chi connectivity index (χ4n) is 1.47. The minimum Gasteiger partial charge on any atom is -0.508 e. The zero-order valence-corrected chi connectivity index (χ0v) is 9.09. The highest BCUT2D eigenvalue weighted by Gasteiger charge is 2.07. The van der Waals surface area contributed by atoms with Gasteiger partial charge in [0.05, 0.1) is 0 Å². The van der Waals surface area contributed by atoms with E-state index in [1.165, 1.54) is 0 Å². The van der Waals surface area contributed by atoms with E-state index < -0.39 is 0 Å². The van der Waals surface area contributed by atoms with E-state index in [-0.39, 0.29) is 11.8 Å². The van der Waals surface area contributed by atoms with Gasteiger partial charge in [-0.1, -0.05) is 24.9 Å². The van der Waals surface area contributed by atoms with Crippen LogP contribution in [0.15, 0.2) is 18.2 Å². The van der Waals surface area contributed by atoms with Crippen molar-refractivity contribution < 1.29 is 5.11 Å². The number of phenolic OH excluding ortho intramolecular Hbond substituents is 1. The summed E-state index contributed by atoms with van der Waals surface area (Å²) in [6.07, 6.45) is 2.70. The van der Waals surface area contributed by atoms with Gasteiger partial charge in [0, 0.05) is 11.1 Å². The topological polar surface area (TPSA) is 46.2 Å². The van der Waals surface area contributed by atoms with E-state index in [4.69, 9.17) is 17.3 Å².